The summed E-state index contributed by atoms with van der Waals surface area (Å²) < 4.78 is 0. The summed E-state index contributed by atoms with van der Waals surface area (Å²) in [6.45, 7) is 0.319. The predicted octanol–water partition coefficient (Wildman–Crippen LogP) is 2.48. The highest BCUT2D eigenvalue weighted by Crippen LogP contribution is 2.17. The van der Waals surface area contributed by atoms with Gasteiger partial charge in [-0.1, -0.05) is 18.2 Å². The molecule has 0 aliphatic heterocycles. The van der Waals surface area contributed by atoms with E-state index in [-0.39, 0.29) is 17.0 Å². The number of aromatic hydroxyl groups is 1. The van der Waals surface area contributed by atoms with Gasteiger partial charge in [-0.05, 0) is 30.2 Å². The predicted molar refractivity (Wildman–Crippen MR) is 95.2 cm³/mol. The average Bonchev–Trinajstić information content (AvgIpc) is 2.64. The molecular weight excluding hydrogens is 336 g/mol. The standard InChI is InChI=1S/C18H16N4O4/c19-11-14(12-21-15-2-1-3-16(10-15)22(25)26)18(24)20-9-8-13-4-6-17(23)7-5-13/h1-7,10,12,21,23H,8-9H2,(H,20,24)/b14-12-. The lowest BCUT2D eigenvalue weighted by Gasteiger charge is -2.06. The molecule has 1 amide bonds. The molecule has 0 atom stereocenters. The van der Waals surface area contributed by atoms with Gasteiger partial charge in [0.05, 0.1) is 4.92 Å². The van der Waals surface area contributed by atoms with E-state index in [1.165, 1.54) is 24.4 Å². The topological polar surface area (TPSA) is 128 Å². The maximum atomic E-state index is 12.0. The molecule has 2 aromatic carbocycles. The normalized spacial score (nSPS) is 10.7. The molecule has 3 N–H and O–H groups in total. The molecule has 132 valence electrons. The monoisotopic (exact) mass is 352 g/mol. The minimum atomic E-state index is -0.552. The summed E-state index contributed by atoms with van der Waals surface area (Å²) in [6.07, 6.45) is 1.75. The smallest absolute Gasteiger partial charge is 0.271 e. The first-order chi connectivity index (χ1) is 12.5. The Morgan fingerprint density at radius 3 is 2.65 bits per heavy atom. The van der Waals surface area contributed by atoms with E-state index < -0.39 is 10.8 Å². The molecular formula is C18H16N4O4. The third-order valence-electron chi connectivity index (χ3n) is 3.44. The van der Waals surface area contributed by atoms with Crippen LogP contribution in [0.2, 0.25) is 0 Å². The number of hydrogen-bond acceptors (Lipinski definition) is 6. The van der Waals surface area contributed by atoms with Gasteiger partial charge >= 0.3 is 0 Å². The molecule has 0 fully saturated rings. The van der Waals surface area contributed by atoms with E-state index in [1.54, 1.807) is 36.4 Å². The lowest BCUT2D eigenvalue weighted by molar-refractivity contribution is -0.384. The van der Waals surface area contributed by atoms with Crippen molar-refractivity contribution in [3.05, 3.63) is 76.0 Å². The summed E-state index contributed by atoms with van der Waals surface area (Å²) in [4.78, 5) is 22.2. The lowest BCUT2D eigenvalue weighted by atomic mass is 10.1. The van der Waals surface area contributed by atoms with Crippen LogP contribution in [0.15, 0.2) is 60.3 Å². The lowest BCUT2D eigenvalue weighted by Crippen LogP contribution is -2.27. The Labute approximate surface area is 149 Å². The molecule has 26 heavy (non-hydrogen) atoms. The number of anilines is 1. The number of nitriles is 1. The van der Waals surface area contributed by atoms with Crippen LogP contribution < -0.4 is 10.6 Å². The molecule has 0 aliphatic carbocycles. The molecule has 0 heterocycles. The van der Waals surface area contributed by atoms with E-state index in [2.05, 4.69) is 10.6 Å². The van der Waals surface area contributed by atoms with Gasteiger partial charge in [0.15, 0.2) is 0 Å². The third-order valence-corrected chi connectivity index (χ3v) is 3.44. The van der Waals surface area contributed by atoms with E-state index in [0.29, 0.717) is 18.7 Å². The molecule has 0 aromatic heterocycles. The van der Waals surface area contributed by atoms with E-state index in [1.807, 2.05) is 0 Å². The molecule has 0 bridgehead atoms. The van der Waals surface area contributed by atoms with E-state index in [9.17, 15) is 20.0 Å². The zero-order chi connectivity index (χ0) is 18.9. The van der Waals surface area contributed by atoms with Gasteiger partial charge in [-0.2, -0.15) is 5.26 Å². The van der Waals surface area contributed by atoms with Crippen molar-refractivity contribution < 1.29 is 14.8 Å². The van der Waals surface area contributed by atoms with Gasteiger partial charge in [-0.3, -0.25) is 14.9 Å². The number of nitro groups is 1. The first kappa shape index (κ1) is 18.5. The number of benzene rings is 2. The summed E-state index contributed by atoms with van der Waals surface area (Å²) >= 11 is 0. The van der Waals surface area contributed by atoms with Gasteiger partial charge in [-0.15, -0.1) is 0 Å². The first-order valence-corrected chi connectivity index (χ1v) is 7.67. The molecule has 0 radical (unpaired) electrons. The Morgan fingerprint density at radius 1 is 1.27 bits per heavy atom. The number of carbonyl (C=O) groups is 1. The third kappa shape index (κ3) is 5.35. The van der Waals surface area contributed by atoms with Crippen LogP contribution in [0.3, 0.4) is 0 Å². The molecule has 8 heteroatoms. The van der Waals surface area contributed by atoms with Crippen LogP contribution in [0.1, 0.15) is 5.56 Å². The van der Waals surface area contributed by atoms with Gasteiger partial charge in [0.1, 0.15) is 17.4 Å². The van der Waals surface area contributed by atoms with Crippen molar-refractivity contribution in [2.24, 2.45) is 0 Å². The summed E-state index contributed by atoms with van der Waals surface area (Å²) in [5.41, 5.74) is 1.08. The molecule has 2 rings (SSSR count). The van der Waals surface area contributed by atoms with Crippen LogP contribution in [0.5, 0.6) is 5.75 Å². The largest absolute Gasteiger partial charge is 0.508 e. The molecule has 8 nitrogen and oxygen atoms in total. The fourth-order valence-corrected chi connectivity index (χ4v) is 2.09. The second kappa shape index (κ2) is 8.84. The highest BCUT2D eigenvalue weighted by Gasteiger charge is 2.09. The van der Waals surface area contributed by atoms with Crippen molar-refractivity contribution in [2.75, 3.05) is 11.9 Å². The summed E-state index contributed by atoms with van der Waals surface area (Å²) in [7, 11) is 0. The number of non-ortho nitro benzene ring substituents is 1. The van der Waals surface area contributed by atoms with Gasteiger partial charge in [0, 0.05) is 30.6 Å². The van der Waals surface area contributed by atoms with Gasteiger partial charge in [-0.25, -0.2) is 0 Å². The highest BCUT2D eigenvalue weighted by molar-refractivity contribution is 5.97. The number of carbonyl (C=O) groups excluding carboxylic acids is 1. The van der Waals surface area contributed by atoms with Crippen molar-refractivity contribution in [1.29, 1.82) is 5.26 Å². The Balaban J connectivity index is 1.92. The highest BCUT2D eigenvalue weighted by atomic mass is 16.6. The van der Waals surface area contributed by atoms with Crippen LogP contribution in [0.25, 0.3) is 0 Å². The fourth-order valence-electron chi connectivity index (χ4n) is 2.09. The summed E-state index contributed by atoms with van der Waals surface area (Å²) in [6, 6.07) is 14.1. The number of phenolic OH excluding ortho intramolecular Hbond substituents is 1. The van der Waals surface area contributed by atoms with Crippen molar-refractivity contribution in [3.8, 4) is 11.8 Å². The SMILES string of the molecule is N#C/C(=C/Nc1cccc([N+](=O)[O-])c1)C(=O)NCCc1ccc(O)cc1. The van der Waals surface area contributed by atoms with Crippen LogP contribution >= 0.6 is 0 Å². The number of hydrogen-bond donors (Lipinski definition) is 3. The van der Waals surface area contributed by atoms with Crippen molar-refractivity contribution >= 4 is 17.3 Å². The quantitative estimate of drug-likeness (QED) is 0.304. The average molecular weight is 352 g/mol. The van der Waals surface area contributed by atoms with Crippen LogP contribution in [-0.2, 0) is 11.2 Å². The Morgan fingerprint density at radius 2 is 2.00 bits per heavy atom. The molecule has 0 aliphatic rings. The van der Waals surface area contributed by atoms with Gasteiger partial charge in [0.2, 0.25) is 0 Å². The zero-order valence-corrected chi connectivity index (χ0v) is 13.7. The van der Waals surface area contributed by atoms with E-state index in [4.69, 9.17) is 5.26 Å². The molecule has 2 aromatic rings. The maximum absolute atomic E-state index is 12.0. The summed E-state index contributed by atoms with van der Waals surface area (Å²) in [5, 5.41) is 34.4. The number of nitrogens with zero attached hydrogens (tertiary/aromatic N) is 2. The van der Waals surface area contributed by atoms with Crippen molar-refractivity contribution in [1.82, 2.24) is 5.32 Å². The minimum Gasteiger partial charge on any atom is -0.508 e. The van der Waals surface area contributed by atoms with Crippen LogP contribution in [0, 0.1) is 21.4 Å². The second-order valence-electron chi connectivity index (χ2n) is 5.29. The van der Waals surface area contributed by atoms with Gasteiger partial charge in [0.25, 0.3) is 11.6 Å². The zero-order valence-electron chi connectivity index (χ0n) is 13.7. The number of nitro benzene ring substituents is 1. The second-order valence-corrected chi connectivity index (χ2v) is 5.29. The number of nitrogens with one attached hydrogen (secondary N) is 2. The molecule has 0 saturated carbocycles. The van der Waals surface area contributed by atoms with Crippen LogP contribution in [0.4, 0.5) is 11.4 Å². The molecule has 0 unspecified atom stereocenters. The first-order valence-electron chi connectivity index (χ1n) is 7.67. The summed E-state index contributed by atoms with van der Waals surface area (Å²) in [5.74, 6) is -0.385. The Hall–Kier alpha value is -3.86. The van der Waals surface area contributed by atoms with Gasteiger partial charge < -0.3 is 15.7 Å². The van der Waals surface area contributed by atoms with Crippen LogP contribution in [-0.4, -0.2) is 22.5 Å². The Kier molecular flexibility index (Phi) is 6.28. The molecule has 0 saturated heterocycles. The van der Waals surface area contributed by atoms with E-state index >= 15 is 0 Å². The number of phenols is 1. The van der Waals surface area contributed by atoms with Crippen molar-refractivity contribution in [2.45, 2.75) is 6.42 Å². The minimum absolute atomic E-state index is 0.0970. The maximum Gasteiger partial charge on any atom is 0.271 e. The number of rotatable bonds is 7. The Bertz CT molecular complexity index is 870. The number of amides is 1. The van der Waals surface area contributed by atoms with Crippen molar-refractivity contribution in [3.63, 3.8) is 0 Å². The molecule has 0 spiro atoms. The fraction of sp³-hybridized carbons (Fsp3) is 0.111. The van der Waals surface area contributed by atoms with E-state index in [0.717, 1.165) is 5.56 Å².